The maximum absolute atomic E-state index is 13.0. The van der Waals surface area contributed by atoms with E-state index in [0.717, 1.165) is 24.1 Å². The number of anilines is 1. The van der Waals surface area contributed by atoms with Gasteiger partial charge in [0.1, 0.15) is 5.75 Å². The molecule has 0 aliphatic carbocycles. The van der Waals surface area contributed by atoms with E-state index in [9.17, 15) is 13.2 Å². The van der Waals surface area contributed by atoms with Gasteiger partial charge in [-0.3, -0.25) is 4.31 Å². The predicted octanol–water partition coefficient (Wildman–Crippen LogP) is 2.77. The molecule has 0 fully saturated rings. The van der Waals surface area contributed by atoms with Crippen LogP contribution in [0.4, 0.5) is 5.69 Å². The third-order valence-electron chi connectivity index (χ3n) is 4.14. The molecule has 0 radical (unpaired) electrons. The van der Waals surface area contributed by atoms with Gasteiger partial charge in [-0.15, -0.1) is 0 Å². The van der Waals surface area contributed by atoms with Crippen molar-refractivity contribution in [3.05, 3.63) is 54.1 Å². The number of nitrogens with zero attached hydrogens (tertiary/aromatic N) is 1. The van der Waals surface area contributed by atoms with E-state index in [4.69, 9.17) is 9.47 Å². The molecule has 0 bridgehead atoms. The highest BCUT2D eigenvalue weighted by Crippen LogP contribution is 2.32. The number of hydrogen-bond donors (Lipinski definition) is 0. The average Bonchev–Trinajstić information content (AvgIpc) is 2.66. The Kier molecular flexibility index (Phi) is 5.46. The van der Waals surface area contributed by atoms with E-state index < -0.39 is 16.0 Å². The van der Waals surface area contributed by atoms with Gasteiger partial charge >= 0.3 is 5.97 Å². The fraction of sp³-hybridized carbons (Fsp3) is 0.316. The number of fused-ring (bicyclic) bond motifs is 1. The Balaban J connectivity index is 1.77. The number of carbonyl (C=O) groups excluding carboxylic acids is 1. The molecule has 2 aromatic carbocycles. The molecular formula is C19H21NO5S. The fourth-order valence-corrected chi connectivity index (χ4v) is 4.47. The predicted molar refractivity (Wildman–Crippen MR) is 97.9 cm³/mol. The van der Waals surface area contributed by atoms with Crippen LogP contribution in [0.15, 0.2) is 53.4 Å². The molecule has 2 aromatic rings. The Morgan fingerprint density at radius 3 is 2.58 bits per heavy atom. The number of esters is 1. The molecule has 0 atom stereocenters. The summed E-state index contributed by atoms with van der Waals surface area (Å²) in [6.07, 6.45) is 1.67. The normalized spacial score (nSPS) is 13.8. The SMILES string of the molecule is CCOC(=O)COc1ccc(S(=O)(=O)N2CCCc3ccccc32)cc1. The van der Waals surface area contributed by atoms with E-state index in [-0.39, 0.29) is 18.1 Å². The van der Waals surface area contributed by atoms with Gasteiger partial charge in [-0.25, -0.2) is 13.2 Å². The van der Waals surface area contributed by atoms with Crippen LogP contribution in [-0.4, -0.2) is 34.1 Å². The molecule has 0 aromatic heterocycles. The van der Waals surface area contributed by atoms with E-state index in [1.165, 1.54) is 16.4 Å². The highest BCUT2D eigenvalue weighted by atomic mass is 32.2. The van der Waals surface area contributed by atoms with E-state index in [1.54, 1.807) is 19.1 Å². The monoisotopic (exact) mass is 375 g/mol. The van der Waals surface area contributed by atoms with Crippen molar-refractivity contribution in [2.45, 2.75) is 24.7 Å². The number of carbonyl (C=O) groups is 1. The number of sulfonamides is 1. The van der Waals surface area contributed by atoms with E-state index >= 15 is 0 Å². The van der Waals surface area contributed by atoms with Crippen LogP contribution in [0.5, 0.6) is 5.75 Å². The molecule has 1 aliphatic heterocycles. The molecule has 26 heavy (non-hydrogen) atoms. The van der Waals surface area contributed by atoms with Gasteiger partial charge in [-0.1, -0.05) is 18.2 Å². The molecule has 7 heteroatoms. The first-order valence-corrected chi connectivity index (χ1v) is 9.95. The summed E-state index contributed by atoms with van der Waals surface area (Å²) in [5.74, 6) is -0.0508. The van der Waals surface area contributed by atoms with Gasteiger partial charge in [0.2, 0.25) is 0 Å². The number of aryl methyl sites for hydroxylation is 1. The van der Waals surface area contributed by atoms with Gasteiger partial charge in [-0.05, 0) is 55.7 Å². The smallest absolute Gasteiger partial charge is 0.344 e. The molecular weight excluding hydrogens is 354 g/mol. The Morgan fingerprint density at radius 1 is 1.12 bits per heavy atom. The topological polar surface area (TPSA) is 72.9 Å². The lowest BCUT2D eigenvalue weighted by Crippen LogP contribution is -2.35. The first kappa shape index (κ1) is 18.3. The number of rotatable bonds is 6. The van der Waals surface area contributed by atoms with Crippen LogP contribution in [0.1, 0.15) is 18.9 Å². The van der Waals surface area contributed by atoms with Gasteiger partial charge in [-0.2, -0.15) is 0 Å². The summed E-state index contributed by atoms with van der Waals surface area (Å²) in [6, 6.07) is 13.6. The van der Waals surface area contributed by atoms with Gasteiger partial charge in [0.15, 0.2) is 6.61 Å². The first-order chi connectivity index (χ1) is 12.5. The second-order valence-corrected chi connectivity index (χ2v) is 7.74. The summed E-state index contributed by atoms with van der Waals surface area (Å²) in [5, 5.41) is 0. The standard InChI is InChI=1S/C19H21NO5S/c1-2-24-19(21)14-25-16-9-11-17(12-10-16)26(22,23)20-13-5-7-15-6-3-4-8-18(15)20/h3-4,6,8-12H,2,5,7,13-14H2,1H3. The maximum Gasteiger partial charge on any atom is 0.344 e. The molecule has 0 unspecified atom stereocenters. The molecule has 0 saturated heterocycles. The van der Waals surface area contributed by atoms with Crippen LogP contribution >= 0.6 is 0 Å². The molecule has 0 N–H and O–H groups in total. The molecule has 6 nitrogen and oxygen atoms in total. The average molecular weight is 375 g/mol. The molecule has 1 aliphatic rings. The largest absolute Gasteiger partial charge is 0.482 e. The number of hydrogen-bond acceptors (Lipinski definition) is 5. The van der Waals surface area contributed by atoms with Crippen molar-refractivity contribution in [3.8, 4) is 5.75 Å². The van der Waals surface area contributed by atoms with E-state index in [1.807, 2.05) is 24.3 Å². The van der Waals surface area contributed by atoms with Crippen LogP contribution in [0, 0.1) is 0 Å². The molecule has 1 heterocycles. The van der Waals surface area contributed by atoms with Crippen molar-refractivity contribution < 1.29 is 22.7 Å². The minimum Gasteiger partial charge on any atom is -0.482 e. The Hall–Kier alpha value is -2.54. The lowest BCUT2D eigenvalue weighted by molar-refractivity contribution is -0.145. The zero-order chi connectivity index (χ0) is 18.6. The third kappa shape index (κ3) is 3.83. The summed E-state index contributed by atoms with van der Waals surface area (Å²) >= 11 is 0. The maximum atomic E-state index is 13.0. The lowest BCUT2D eigenvalue weighted by Gasteiger charge is -2.30. The van der Waals surface area contributed by atoms with Crippen LogP contribution in [-0.2, 0) is 26.0 Å². The van der Waals surface area contributed by atoms with Crippen molar-refractivity contribution in [1.29, 1.82) is 0 Å². The van der Waals surface area contributed by atoms with Crippen molar-refractivity contribution in [2.24, 2.45) is 0 Å². The molecule has 0 amide bonds. The molecule has 0 saturated carbocycles. The van der Waals surface area contributed by atoms with Crippen LogP contribution in [0.2, 0.25) is 0 Å². The Morgan fingerprint density at radius 2 is 1.85 bits per heavy atom. The van der Waals surface area contributed by atoms with Crippen molar-refractivity contribution >= 4 is 21.7 Å². The number of para-hydroxylation sites is 1. The van der Waals surface area contributed by atoms with E-state index in [0.29, 0.717) is 12.3 Å². The zero-order valence-electron chi connectivity index (χ0n) is 14.6. The summed E-state index contributed by atoms with van der Waals surface area (Å²) < 4.78 is 37.6. The molecule has 138 valence electrons. The number of ether oxygens (including phenoxy) is 2. The Labute approximate surface area is 153 Å². The number of benzene rings is 2. The molecule has 3 rings (SSSR count). The second-order valence-electron chi connectivity index (χ2n) is 5.87. The Bertz CT molecular complexity index is 877. The van der Waals surface area contributed by atoms with Crippen LogP contribution < -0.4 is 9.04 Å². The van der Waals surface area contributed by atoms with Gasteiger partial charge in [0.05, 0.1) is 17.2 Å². The highest BCUT2D eigenvalue weighted by molar-refractivity contribution is 7.92. The lowest BCUT2D eigenvalue weighted by atomic mass is 10.0. The third-order valence-corrected chi connectivity index (χ3v) is 5.97. The van der Waals surface area contributed by atoms with Crippen LogP contribution in [0.3, 0.4) is 0 Å². The first-order valence-electron chi connectivity index (χ1n) is 8.51. The second kappa shape index (κ2) is 7.78. The van der Waals surface area contributed by atoms with Crippen molar-refractivity contribution in [3.63, 3.8) is 0 Å². The van der Waals surface area contributed by atoms with Gasteiger partial charge < -0.3 is 9.47 Å². The van der Waals surface area contributed by atoms with Crippen molar-refractivity contribution in [2.75, 3.05) is 24.1 Å². The van der Waals surface area contributed by atoms with Crippen molar-refractivity contribution in [1.82, 2.24) is 0 Å². The summed E-state index contributed by atoms with van der Waals surface area (Å²) in [6.45, 7) is 2.26. The quantitative estimate of drug-likeness (QED) is 0.726. The minimum absolute atomic E-state index is 0.192. The van der Waals surface area contributed by atoms with Gasteiger partial charge in [0, 0.05) is 6.54 Å². The van der Waals surface area contributed by atoms with E-state index in [2.05, 4.69) is 0 Å². The fourth-order valence-electron chi connectivity index (χ4n) is 2.93. The zero-order valence-corrected chi connectivity index (χ0v) is 15.4. The van der Waals surface area contributed by atoms with Crippen LogP contribution in [0.25, 0.3) is 0 Å². The summed E-state index contributed by atoms with van der Waals surface area (Å²) in [4.78, 5) is 11.5. The van der Waals surface area contributed by atoms with Gasteiger partial charge in [0.25, 0.3) is 10.0 Å². The summed E-state index contributed by atoms with van der Waals surface area (Å²) in [5.41, 5.74) is 1.78. The minimum atomic E-state index is -3.65. The molecule has 0 spiro atoms. The highest BCUT2D eigenvalue weighted by Gasteiger charge is 2.28. The summed E-state index contributed by atoms with van der Waals surface area (Å²) in [7, 11) is -3.65.